The maximum Gasteiger partial charge on any atom is 0.260 e. The van der Waals surface area contributed by atoms with Gasteiger partial charge in [0, 0.05) is 5.56 Å². The number of nitrogens with zero attached hydrogens (tertiary/aromatic N) is 2. The van der Waals surface area contributed by atoms with Gasteiger partial charge in [-0.3, -0.25) is 9.69 Å². The number of halogens is 2. The van der Waals surface area contributed by atoms with E-state index in [1.54, 1.807) is 17.0 Å². The molecule has 0 saturated carbocycles. The average molecular weight is 404 g/mol. The minimum atomic E-state index is -0.409. The Morgan fingerprint density at radius 3 is 2.61 bits per heavy atom. The number of hydrogen-bond donors (Lipinski definition) is 1. The predicted octanol–water partition coefficient (Wildman–Crippen LogP) is 2.14. The van der Waals surface area contributed by atoms with Crippen molar-refractivity contribution in [3.8, 4) is 0 Å². The van der Waals surface area contributed by atoms with E-state index in [-0.39, 0.29) is 11.4 Å². The lowest BCUT2D eigenvalue weighted by molar-refractivity contribution is -0.906. The van der Waals surface area contributed by atoms with E-state index in [1.807, 2.05) is 0 Å². The van der Waals surface area contributed by atoms with E-state index in [9.17, 15) is 13.6 Å². The highest BCUT2D eigenvalue weighted by molar-refractivity contribution is 7.22. The summed E-state index contributed by atoms with van der Waals surface area (Å²) in [5.74, 6) is -1.08. The number of rotatable bonds is 5. The first-order valence-corrected chi connectivity index (χ1v) is 9.97. The summed E-state index contributed by atoms with van der Waals surface area (Å²) in [7, 11) is 0. The maximum absolute atomic E-state index is 14.1. The van der Waals surface area contributed by atoms with E-state index in [2.05, 4.69) is 4.98 Å². The fourth-order valence-corrected chi connectivity index (χ4v) is 4.24. The van der Waals surface area contributed by atoms with Crippen LogP contribution >= 0.6 is 11.3 Å². The number of morpholine rings is 1. The highest BCUT2D eigenvalue weighted by Crippen LogP contribution is 2.30. The number of carbonyl (C=O) groups is 1. The standard InChI is InChI=1S/C20H19F2N3O2S/c21-15-6-4-14(5-7-15)19(26)25(9-8-24-10-12-27-13-11-24)20-23-18-16(22)2-1-3-17(18)28-20/h1-7H,8-13H2/p+1. The number of nitrogens with one attached hydrogen (secondary N) is 1. The number of quaternary nitrogens is 1. The van der Waals surface area contributed by atoms with Crippen molar-refractivity contribution in [2.24, 2.45) is 0 Å². The summed E-state index contributed by atoms with van der Waals surface area (Å²) in [6.07, 6.45) is 0. The third-order valence-electron chi connectivity index (χ3n) is 4.81. The van der Waals surface area contributed by atoms with E-state index in [0.717, 1.165) is 19.6 Å². The molecule has 1 amide bonds. The van der Waals surface area contributed by atoms with Gasteiger partial charge >= 0.3 is 0 Å². The fourth-order valence-electron chi connectivity index (χ4n) is 3.23. The molecule has 1 aromatic heterocycles. The molecule has 3 aromatic rings. The number of para-hydroxylation sites is 1. The summed E-state index contributed by atoms with van der Waals surface area (Å²) in [5.41, 5.74) is 0.635. The first kappa shape index (κ1) is 18.9. The van der Waals surface area contributed by atoms with Gasteiger partial charge in [0.2, 0.25) is 0 Å². The van der Waals surface area contributed by atoms with Crippen LogP contribution in [0.4, 0.5) is 13.9 Å². The summed E-state index contributed by atoms with van der Waals surface area (Å²) in [4.78, 5) is 20.4. The van der Waals surface area contributed by atoms with Crippen LogP contribution in [0.1, 0.15) is 10.4 Å². The van der Waals surface area contributed by atoms with Gasteiger partial charge < -0.3 is 9.64 Å². The number of anilines is 1. The van der Waals surface area contributed by atoms with Crippen molar-refractivity contribution >= 4 is 32.6 Å². The number of thiazole rings is 1. The summed E-state index contributed by atoms with van der Waals surface area (Å²) < 4.78 is 33.4. The number of amides is 1. The van der Waals surface area contributed by atoms with E-state index >= 15 is 0 Å². The minimum absolute atomic E-state index is 0.262. The van der Waals surface area contributed by atoms with Crippen molar-refractivity contribution in [1.82, 2.24) is 4.98 Å². The second-order valence-electron chi connectivity index (χ2n) is 6.66. The molecule has 1 saturated heterocycles. The second kappa shape index (κ2) is 8.30. The highest BCUT2D eigenvalue weighted by Gasteiger charge is 2.24. The molecule has 5 nitrogen and oxygen atoms in total. The van der Waals surface area contributed by atoms with Crippen molar-refractivity contribution < 1.29 is 23.2 Å². The van der Waals surface area contributed by atoms with Crippen molar-refractivity contribution in [3.63, 3.8) is 0 Å². The molecule has 1 fully saturated rings. The molecule has 0 radical (unpaired) electrons. The van der Waals surface area contributed by atoms with Gasteiger partial charge in [-0.2, -0.15) is 0 Å². The van der Waals surface area contributed by atoms with Gasteiger partial charge in [0.25, 0.3) is 5.91 Å². The van der Waals surface area contributed by atoms with E-state index in [0.29, 0.717) is 35.2 Å². The zero-order chi connectivity index (χ0) is 19.5. The molecule has 0 unspecified atom stereocenters. The topological polar surface area (TPSA) is 46.9 Å². The largest absolute Gasteiger partial charge is 0.370 e. The van der Waals surface area contributed by atoms with E-state index < -0.39 is 11.6 Å². The molecular weight excluding hydrogens is 384 g/mol. The van der Waals surface area contributed by atoms with Crippen molar-refractivity contribution in [3.05, 3.63) is 59.7 Å². The number of carbonyl (C=O) groups excluding carboxylic acids is 1. The Labute approximate surface area is 165 Å². The zero-order valence-corrected chi connectivity index (χ0v) is 16.0. The summed E-state index contributed by atoms with van der Waals surface area (Å²) in [6, 6.07) is 10.2. The normalized spacial score (nSPS) is 15.1. The van der Waals surface area contributed by atoms with Gasteiger partial charge in [0.1, 0.15) is 30.2 Å². The van der Waals surface area contributed by atoms with Crippen LogP contribution in [0.5, 0.6) is 0 Å². The van der Waals surface area contributed by atoms with Crippen molar-refractivity contribution in [1.29, 1.82) is 0 Å². The van der Waals surface area contributed by atoms with Gasteiger partial charge in [-0.15, -0.1) is 0 Å². The molecule has 1 aliphatic rings. The SMILES string of the molecule is O=C(c1ccc(F)cc1)N(CC[NH+]1CCOCC1)c1nc2c(F)cccc2s1. The zero-order valence-electron chi connectivity index (χ0n) is 15.2. The molecule has 0 atom stereocenters. The maximum atomic E-state index is 14.1. The lowest BCUT2D eigenvalue weighted by atomic mass is 10.2. The second-order valence-corrected chi connectivity index (χ2v) is 7.67. The first-order valence-electron chi connectivity index (χ1n) is 9.15. The van der Waals surface area contributed by atoms with Gasteiger partial charge in [0.15, 0.2) is 5.13 Å². The third kappa shape index (κ3) is 4.04. The van der Waals surface area contributed by atoms with Crippen LogP contribution < -0.4 is 9.80 Å². The Morgan fingerprint density at radius 1 is 1.14 bits per heavy atom. The Hall–Kier alpha value is -2.42. The Balaban J connectivity index is 1.64. The molecule has 146 valence electrons. The predicted molar refractivity (Wildman–Crippen MR) is 104 cm³/mol. The molecule has 28 heavy (non-hydrogen) atoms. The molecule has 1 aliphatic heterocycles. The molecular formula is C20H20F2N3O2S+. The molecule has 8 heteroatoms. The van der Waals surface area contributed by atoms with Crippen LogP contribution in [-0.2, 0) is 4.74 Å². The number of ether oxygens (including phenoxy) is 1. The van der Waals surface area contributed by atoms with E-state index in [4.69, 9.17) is 4.74 Å². The van der Waals surface area contributed by atoms with Gasteiger partial charge in [0.05, 0.1) is 31.0 Å². The van der Waals surface area contributed by atoms with Crippen LogP contribution in [-0.4, -0.2) is 50.3 Å². The molecule has 0 spiro atoms. The molecule has 2 aromatic carbocycles. The quantitative estimate of drug-likeness (QED) is 0.709. The summed E-state index contributed by atoms with van der Waals surface area (Å²) in [5, 5.41) is 0.446. The smallest absolute Gasteiger partial charge is 0.260 e. The fraction of sp³-hybridized carbons (Fsp3) is 0.300. The van der Waals surface area contributed by atoms with Crippen LogP contribution in [0.15, 0.2) is 42.5 Å². The third-order valence-corrected chi connectivity index (χ3v) is 5.86. The number of aromatic nitrogens is 1. The molecule has 0 bridgehead atoms. The van der Waals surface area contributed by atoms with Crippen LogP contribution in [0.25, 0.3) is 10.2 Å². The summed E-state index contributed by atoms with van der Waals surface area (Å²) in [6.45, 7) is 4.34. The number of hydrogen-bond acceptors (Lipinski definition) is 4. The number of benzene rings is 2. The molecule has 4 rings (SSSR count). The van der Waals surface area contributed by atoms with Gasteiger partial charge in [-0.1, -0.05) is 17.4 Å². The summed E-state index contributed by atoms with van der Waals surface area (Å²) >= 11 is 1.28. The van der Waals surface area contributed by atoms with Crippen LogP contribution in [0.3, 0.4) is 0 Å². The van der Waals surface area contributed by atoms with Crippen LogP contribution in [0.2, 0.25) is 0 Å². The lowest BCUT2D eigenvalue weighted by Crippen LogP contribution is -3.14. The molecule has 0 aliphatic carbocycles. The van der Waals surface area contributed by atoms with Crippen molar-refractivity contribution in [2.45, 2.75) is 0 Å². The van der Waals surface area contributed by atoms with E-state index in [1.165, 1.54) is 46.6 Å². The average Bonchev–Trinajstić information content (AvgIpc) is 3.15. The number of fused-ring (bicyclic) bond motifs is 1. The Bertz CT molecular complexity index is 971. The minimum Gasteiger partial charge on any atom is -0.370 e. The molecule has 2 heterocycles. The van der Waals surface area contributed by atoms with Gasteiger partial charge in [-0.25, -0.2) is 13.8 Å². The monoisotopic (exact) mass is 404 g/mol. The molecule has 1 N–H and O–H groups in total. The Morgan fingerprint density at radius 2 is 1.89 bits per heavy atom. The first-order chi connectivity index (χ1) is 13.6. The van der Waals surface area contributed by atoms with Gasteiger partial charge in [-0.05, 0) is 36.4 Å². The van der Waals surface area contributed by atoms with Crippen molar-refractivity contribution in [2.75, 3.05) is 44.3 Å². The lowest BCUT2D eigenvalue weighted by Gasteiger charge is -2.26. The van der Waals surface area contributed by atoms with Crippen LogP contribution in [0, 0.1) is 11.6 Å². The highest BCUT2D eigenvalue weighted by atomic mass is 32.1. The Kier molecular flexibility index (Phi) is 5.61.